The molecule has 0 saturated heterocycles. The molecule has 1 amide bonds. The second kappa shape index (κ2) is 7.34. The molecule has 20 heavy (non-hydrogen) atoms. The van der Waals surface area contributed by atoms with Gasteiger partial charge in [0.15, 0.2) is 0 Å². The molecule has 0 unspecified atom stereocenters. The maximum Gasteiger partial charge on any atom is 0.255 e. The van der Waals surface area contributed by atoms with Crippen molar-refractivity contribution in [2.24, 2.45) is 0 Å². The predicted octanol–water partition coefficient (Wildman–Crippen LogP) is 3.41. The maximum atomic E-state index is 12.0. The van der Waals surface area contributed by atoms with Gasteiger partial charge in [0.2, 0.25) is 0 Å². The number of amides is 1. The number of ether oxygens (including phenoxy) is 1. The van der Waals surface area contributed by atoms with Crippen LogP contribution in [0.25, 0.3) is 0 Å². The van der Waals surface area contributed by atoms with E-state index in [0.29, 0.717) is 24.5 Å². The molecule has 104 valence electrons. The fraction of sp³-hybridized carbons (Fsp3) is 0.235. The van der Waals surface area contributed by atoms with Gasteiger partial charge in [-0.25, -0.2) is 0 Å². The number of carbonyl (C=O) groups excluding carboxylic acids is 1. The van der Waals surface area contributed by atoms with Gasteiger partial charge in [0.25, 0.3) is 5.91 Å². The van der Waals surface area contributed by atoms with Crippen LogP contribution in [-0.4, -0.2) is 12.5 Å². The fourth-order valence-electron chi connectivity index (χ4n) is 1.85. The lowest BCUT2D eigenvalue weighted by atomic mass is 10.2. The third-order valence-corrected chi connectivity index (χ3v) is 2.90. The Kier molecular flexibility index (Phi) is 5.18. The summed E-state index contributed by atoms with van der Waals surface area (Å²) < 4.78 is 5.76. The molecule has 0 aliphatic rings. The van der Waals surface area contributed by atoms with E-state index in [0.717, 1.165) is 12.0 Å². The van der Waals surface area contributed by atoms with Crippen LogP contribution in [0.1, 0.15) is 29.3 Å². The molecule has 2 aromatic rings. The van der Waals surface area contributed by atoms with Crippen LogP contribution in [0.15, 0.2) is 54.6 Å². The van der Waals surface area contributed by atoms with Gasteiger partial charge in [-0.15, -0.1) is 0 Å². The van der Waals surface area contributed by atoms with Gasteiger partial charge < -0.3 is 10.1 Å². The number of rotatable bonds is 6. The number of benzene rings is 2. The second-order valence-corrected chi connectivity index (χ2v) is 4.53. The zero-order valence-corrected chi connectivity index (χ0v) is 11.6. The van der Waals surface area contributed by atoms with Crippen molar-refractivity contribution in [1.29, 1.82) is 0 Å². The molecule has 0 aliphatic heterocycles. The molecule has 0 heterocycles. The van der Waals surface area contributed by atoms with E-state index in [1.807, 2.05) is 55.5 Å². The van der Waals surface area contributed by atoms with Crippen LogP contribution >= 0.6 is 0 Å². The van der Waals surface area contributed by atoms with Crippen molar-refractivity contribution in [1.82, 2.24) is 5.32 Å². The molecule has 0 bridgehead atoms. The van der Waals surface area contributed by atoms with E-state index in [9.17, 15) is 4.79 Å². The van der Waals surface area contributed by atoms with E-state index in [-0.39, 0.29) is 5.91 Å². The quantitative estimate of drug-likeness (QED) is 0.872. The average molecular weight is 269 g/mol. The molecular formula is C17H19NO2. The van der Waals surface area contributed by atoms with Gasteiger partial charge in [-0.3, -0.25) is 4.79 Å². The third-order valence-electron chi connectivity index (χ3n) is 2.90. The van der Waals surface area contributed by atoms with Gasteiger partial charge in [0.05, 0.1) is 5.56 Å². The summed E-state index contributed by atoms with van der Waals surface area (Å²) >= 11 is 0. The van der Waals surface area contributed by atoms with Crippen molar-refractivity contribution in [3.63, 3.8) is 0 Å². The summed E-state index contributed by atoms with van der Waals surface area (Å²) in [7, 11) is 0. The van der Waals surface area contributed by atoms with Gasteiger partial charge in [-0.2, -0.15) is 0 Å². The SMILES string of the molecule is CCCNC(=O)c1ccccc1OCc1ccccc1. The molecular weight excluding hydrogens is 250 g/mol. The van der Waals surface area contributed by atoms with E-state index >= 15 is 0 Å². The molecule has 0 spiro atoms. The molecule has 0 aromatic heterocycles. The van der Waals surface area contributed by atoms with Gasteiger partial charge in [0.1, 0.15) is 12.4 Å². The third kappa shape index (κ3) is 3.85. The zero-order chi connectivity index (χ0) is 14.2. The lowest BCUT2D eigenvalue weighted by Crippen LogP contribution is -2.24. The summed E-state index contributed by atoms with van der Waals surface area (Å²) in [5.41, 5.74) is 1.66. The van der Waals surface area contributed by atoms with E-state index in [1.54, 1.807) is 6.07 Å². The smallest absolute Gasteiger partial charge is 0.255 e. The van der Waals surface area contributed by atoms with Crippen molar-refractivity contribution in [2.75, 3.05) is 6.54 Å². The first kappa shape index (κ1) is 14.1. The zero-order valence-electron chi connectivity index (χ0n) is 11.6. The number of hydrogen-bond donors (Lipinski definition) is 1. The number of nitrogens with one attached hydrogen (secondary N) is 1. The first-order valence-corrected chi connectivity index (χ1v) is 6.85. The van der Waals surface area contributed by atoms with Gasteiger partial charge in [-0.1, -0.05) is 49.4 Å². The first-order chi connectivity index (χ1) is 9.81. The van der Waals surface area contributed by atoms with Crippen molar-refractivity contribution in [3.05, 3.63) is 65.7 Å². The molecule has 3 heteroatoms. The fourth-order valence-corrected chi connectivity index (χ4v) is 1.85. The van der Waals surface area contributed by atoms with E-state index in [2.05, 4.69) is 5.32 Å². The van der Waals surface area contributed by atoms with Crippen LogP contribution < -0.4 is 10.1 Å². The summed E-state index contributed by atoms with van der Waals surface area (Å²) in [5, 5.41) is 2.87. The molecule has 0 fully saturated rings. The largest absolute Gasteiger partial charge is 0.488 e. The number of carbonyl (C=O) groups is 1. The van der Waals surface area contributed by atoms with Crippen molar-refractivity contribution in [2.45, 2.75) is 20.0 Å². The Morgan fingerprint density at radius 3 is 2.50 bits per heavy atom. The predicted molar refractivity (Wildman–Crippen MR) is 79.8 cm³/mol. The summed E-state index contributed by atoms with van der Waals surface area (Å²) in [5.74, 6) is 0.528. The highest BCUT2D eigenvalue weighted by Crippen LogP contribution is 2.19. The van der Waals surface area contributed by atoms with E-state index < -0.39 is 0 Å². The highest BCUT2D eigenvalue weighted by molar-refractivity contribution is 5.96. The summed E-state index contributed by atoms with van der Waals surface area (Å²) in [6, 6.07) is 17.2. The van der Waals surface area contributed by atoms with Crippen LogP contribution in [0, 0.1) is 0 Å². The molecule has 0 aliphatic carbocycles. The van der Waals surface area contributed by atoms with Crippen LogP contribution in [0.2, 0.25) is 0 Å². The highest BCUT2D eigenvalue weighted by atomic mass is 16.5. The Morgan fingerprint density at radius 1 is 1.05 bits per heavy atom. The summed E-state index contributed by atoms with van der Waals surface area (Å²) in [4.78, 5) is 12.0. The molecule has 0 saturated carbocycles. The van der Waals surface area contributed by atoms with Gasteiger partial charge in [0, 0.05) is 6.54 Å². The van der Waals surface area contributed by atoms with Gasteiger partial charge >= 0.3 is 0 Å². The average Bonchev–Trinajstić information content (AvgIpc) is 2.52. The topological polar surface area (TPSA) is 38.3 Å². The monoisotopic (exact) mass is 269 g/mol. The van der Waals surface area contributed by atoms with E-state index in [4.69, 9.17) is 4.74 Å². The minimum absolute atomic E-state index is 0.0875. The van der Waals surface area contributed by atoms with Crippen molar-refractivity contribution < 1.29 is 9.53 Å². The molecule has 0 radical (unpaired) electrons. The Balaban J connectivity index is 2.06. The van der Waals surface area contributed by atoms with Crippen molar-refractivity contribution in [3.8, 4) is 5.75 Å². The minimum Gasteiger partial charge on any atom is -0.488 e. The number of hydrogen-bond acceptors (Lipinski definition) is 2. The first-order valence-electron chi connectivity index (χ1n) is 6.85. The Hall–Kier alpha value is -2.29. The molecule has 2 rings (SSSR count). The van der Waals surface area contributed by atoms with Crippen LogP contribution in [0.5, 0.6) is 5.75 Å². The van der Waals surface area contributed by atoms with Gasteiger partial charge in [-0.05, 0) is 24.1 Å². The van der Waals surface area contributed by atoms with Crippen LogP contribution in [-0.2, 0) is 6.61 Å². The molecule has 0 atom stereocenters. The van der Waals surface area contributed by atoms with Crippen LogP contribution in [0.3, 0.4) is 0 Å². The molecule has 2 aromatic carbocycles. The Bertz CT molecular complexity index is 552. The summed E-state index contributed by atoms with van der Waals surface area (Å²) in [6.07, 6.45) is 0.915. The molecule has 3 nitrogen and oxygen atoms in total. The Morgan fingerprint density at radius 2 is 1.75 bits per heavy atom. The van der Waals surface area contributed by atoms with Crippen LogP contribution in [0.4, 0.5) is 0 Å². The lowest BCUT2D eigenvalue weighted by molar-refractivity contribution is 0.0949. The lowest BCUT2D eigenvalue weighted by Gasteiger charge is -2.11. The van der Waals surface area contributed by atoms with Crippen molar-refractivity contribution >= 4 is 5.91 Å². The number of para-hydroxylation sites is 1. The minimum atomic E-state index is -0.0875. The molecule has 1 N–H and O–H groups in total. The maximum absolute atomic E-state index is 12.0. The normalized spacial score (nSPS) is 10.1. The second-order valence-electron chi connectivity index (χ2n) is 4.53. The summed E-state index contributed by atoms with van der Waals surface area (Å²) in [6.45, 7) is 3.16. The highest BCUT2D eigenvalue weighted by Gasteiger charge is 2.11. The Labute approximate surface area is 119 Å². The standard InChI is InChI=1S/C17H19NO2/c1-2-12-18-17(19)15-10-6-7-11-16(15)20-13-14-8-4-3-5-9-14/h3-11H,2,12-13H2,1H3,(H,18,19). The van der Waals surface area contributed by atoms with E-state index in [1.165, 1.54) is 0 Å².